The summed E-state index contributed by atoms with van der Waals surface area (Å²) >= 11 is 0. The summed E-state index contributed by atoms with van der Waals surface area (Å²) in [6.07, 6.45) is 4.27. The van der Waals surface area contributed by atoms with E-state index in [2.05, 4.69) is 48.5 Å². The van der Waals surface area contributed by atoms with Crippen LogP contribution in [0.2, 0.25) is 0 Å². The van der Waals surface area contributed by atoms with Crippen LogP contribution in [0.4, 0.5) is 0 Å². The Hall–Kier alpha value is -2.29. The number of rotatable bonds is 6. The Labute approximate surface area is 165 Å². The van der Waals surface area contributed by atoms with Gasteiger partial charge >= 0.3 is 0 Å². The topological polar surface area (TPSA) is 30.8 Å². The highest BCUT2D eigenvalue weighted by molar-refractivity contribution is 6.02. The molecule has 2 aromatic carbocycles. The van der Waals surface area contributed by atoms with Crippen molar-refractivity contribution in [3.05, 3.63) is 65.2 Å². The molecule has 0 radical (unpaired) electrons. The average molecular weight is 370 g/mol. The van der Waals surface area contributed by atoms with Gasteiger partial charge in [0.2, 0.25) is 0 Å². The molecule has 3 rings (SSSR count). The summed E-state index contributed by atoms with van der Waals surface area (Å²) in [6, 6.07) is 16.6. The van der Waals surface area contributed by atoms with E-state index in [-0.39, 0.29) is 0 Å². The van der Waals surface area contributed by atoms with Gasteiger partial charge in [-0.2, -0.15) is 0 Å². The summed E-state index contributed by atoms with van der Waals surface area (Å²) in [6.45, 7) is 11.1. The molecule has 1 aliphatic rings. The van der Waals surface area contributed by atoms with Crippen LogP contribution < -0.4 is 4.74 Å². The summed E-state index contributed by atoms with van der Waals surface area (Å²) in [4.78, 5) is 5.47. The van der Waals surface area contributed by atoms with Crippen molar-refractivity contribution in [3.63, 3.8) is 0 Å². The van der Waals surface area contributed by atoms with Crippen molar-refractivity contribution in [2.24, 2.45) is 5.16 Å². The normalized spacial score (nSPS) is 13.4. The fraction of sp³-hybridized carbons (Fsp3) is 0.458. The van der Waals surface area contributed by atoms with Crippen LogP contribution in [0, 0.1) is 0 Å². The predicted octanol–water partition coefficient (Wildman–Crippen LogP) is 6.44. The highest BCUT2D eigenvalue weighted by Crippen LogP contribution is 2.21. The molecule has 0 saturated heterocycles. The number of fused-ring (bicyclic) bond motifs is 1. The molecular formula is C24H35NO2. The van der Waals surface area contributed by atoms with Crippen molar-refractivity contribution in [1.82, 2.24) is 0 Å². The van der Waals surface area contributed by atoms with Gasteiger partial charge in [0.05, 0.1) is 5.71 Å². The second kappa shape index (κ2) is 13.9. The molecule has 0 spiro atoms. The number of nitrogens with zero attached hydrogens (tertiary/aromatic N) is 1. The third kappa shape index (κ3) is 7.46. The van der Waals surface area contributed by atoms with Crippen molar-refractivity contribution in [3.8, 4) is 5.75 Å². The highest BCUT2D eigenvalue weighted by Gasteiger charge is 2.15. The maximum atomic E-state index is 5.71. The minimum absolute atomic E-state index is 0.460. The van der Waals surface area contributed by atoms with Gasteiger partial charge < -0.3 is 9.57 Å². The SMILES string of the molecule is CC.CC.CCc1cccc(OCCON=C2CCCc3ccccc32)c1. The van der Waals surface area contributed by atoms with Gasteiger partial charge in [0.1, 0.15) is 12.4 Å². The van der Waals surface area contributed by atoms with Crippen LogP contribution in [0.25, 0.3) is 0 Å². The van der Waals surface area contributed by atoms with Gasteiger partial charge in [-0.25, -0.2) is 0 Å². The summed E-state index contributed by atoms with van der Waals surface area (Å²) in [7, 11) is 0. The fourth-order valence-corrected chi connectivity index (χ4v) is 2.87. The Morgan fingerprint density at radius 2 is 1.67 bits per heavy atom. The molecule has 148 valence electrons. The minimum Gasteiger partial charge on any atom is -0.490 e. The highest BCUT2D eigenvalue weighted by atomic mass is 16.6. The second-order valence-electron chi connectivity index (χ2n) is 5.73. The van der Waals surface area contributed by atoms with Crippen LogP contribution in [0.15, 0.2) is 53.7 Å². The monoisotopic (exact) mass is 369 g/mol. The molecule has 0 N–H and O–H groups in total. The van der Waals surface area contributed by atoms with Gasteiger partial charge in [0.15, 0.2) is 6.61 Å². The van der Waals surface area contributed by atoms with Crippen molar-refractivity contribution < 1.29 is 9.57 Å². The number of hydrogen-bond acceptors (Lipinski definition) is 3. The Bertz CT molecular complexity index is 680. The van der Waals surface area contributed by atoms with E-state index in [1.165, 1.54) is 16.7 Å². The van der Waals surface area contributed by atoms with E-state index in [0.717, 1.165) is 37.1 Å². The molecule has 0 unspecified atom stereocenters. The van der Waals surface area contributed by atoms with E-state index in [0.29, 0.717) is 13.2 Å². The third-order valence-electron chi connectivity index (χ3n) is 4.11. The molecule has 0 atom stereocenters. The Balaban J connectivity index is 0.000000855. The molecule has 3 nitrogen and oxygen atoms in total. The molecule has 0 saturated carbocycles. The van der Waals surface area contributed by atoms with Gasteiger partial charge in [0, 0.05) is 5.56 Å². The summed E-state index contributed by atoms with van der Waals surface area (Å²) in [5.74, 6) is 0.892. The lowest BCUT2D eigenvalue weighted by molar-refractivity contribution is 0.106. The Morgan fingerprint density at radius 1 is 0.889 bits per heavy atom. The summed E-state index contributed by atoms with van der Waals surface area (Å²) in [5, 5.41) is 4.33. The number of oxime groups is 1. The van der Waals surface area contributed by atoms with E-state index in [1.54, 1.807) is 0 Å². The van der Waals surface area contributed by atoms with Crippen molar-refractivity contribution in [1.29, 1.82) is 0 Å². The van der Waals surface area contributed by atoms with Crippen LogP contribution >= 0.6 is 0 Å². The summed E-state index contributed by atoms with van der Waals surface area (Å²) < 4.78 is 5.71. The quantitative estimate of drug-likeness (QED) is 0.433. The zero-order chi connectivity index (χ0) is 19.9. The van der Waals surface area contributed by atoms with Crippen molar-refractivity contribution in [2.45, 2.75) is 60.3 Å². The molecule has 0 bridgehead atoms. The maximum absolute atomic E-state index is 5.71. The van der Waals surface area contributed by atoms with Gasteiger partial charge in [-0.1, -0.05) is 76.2 Å². The van der Waals surface area contributed by atoms with Crippen LogP contribution in [0.5, 0.6) is 5.75 Å². The van der Waals surface area contributed by atoms with Gasteiger partial charge in [-0.15, -0.1) is 0 Å². The zero-order valence-corrected chi connectivity index (χ0v) is 17.6. The average Bonchev–Trinajstić information content (AvgIpc) is 2.76. The van der Waals surface area contributed by atoms with Gasteiger partial charge in [0.25, 0.3) is 0 Å². The molecule has 3 heteroatoms. The molecule has 0 heterocycles. The smallest absolute Gasteiger partial charge is 0.151 e. The Morgan fingerprint density at radius 3 is 2.44 bits per heavy atom. The van der Waals surface area contributed by atoms with Gasteiger partial charge in [-0.05, 0) is 48.9 Å². The number of hydrogen-bond donors (Lipinski definition) is 0. The molecule has 2 aromatic rings. The lowest BCUT2D eigenvalue weighted by Gasteiger charge is -2.17. The van der Waals surface area contributed by atoms with E-state index < -0.39 is 0 Å². The second-order valence-corrected chi connectivity index (χ2v) is 5.73. The molecule has 27 heavy (non-hydrogen) atoms. The first kappa shape index (κ1) is 22.8. The lowest BCUT2D eigenvalue weighted by atomic mass is 9.90. The minimum atomic E-state index is 0.460. The summed E-state index contributed by atoms with van der Waals surface area (Å²) in [5.41, 5.74) is 4.94. The largest absolute Gasteiger partial charge is 0.490 e. The Kier molecular flexibility index (Phi) is 11.7. The maximum Gasteiger partial charge on any atom is 0.151 e. The van der Waals surface area contributed by atoms with E-state index in [9.17, 15) is 0 Å². The third-order valence-corrected chi connectivity index (χ3v) is 4.11. The lowest BCUT2D eigenvalue weighted by Crippen LogP contribution is -2.13. The van der Waals surface area contributed by atoms with Crippen LogP contribution in [0.1, 0.15) is 64.2 Å². The number of ether oxygens (including phenoxy) is 1. The first-order chi connectivity index (χ1) is 13.4. The molecule has 0 fully saturated rings. The zero-order valence-electron chi connectivity index (χ0n) is 17.6. The van der Waals surface area contributed by atoms with Crippen molar-refractivity contribution in [2.75, 3.05) is 13.2 Å². The van der Waals surface area contributed by atoms with E-state index in [1.807, 2.05) is 39.8 Å². The first-order valence-corrected chi connectivity index (χ1v) is 10.4. The molecule has 0 aromatic heterocycles. The van der Waals surface area contributed by atoms with Crippen molar-refractivity contribution >= 4 is 5.71 Å². The molecule has 1 aliphatic carbocycles. The number of aryl methyl sites for hydroxylation is 2. The van der Waals surface area contributed by atoms with Crippen LogP contribution in [0.3, 0.4) is 0 Å². The van der Waals surface area contributed by atoms with E-state index in [4.69, 9.17) is 9.57 Å². The fourth-order valence-electron chi connectivity index (χ4n) is 2.87. The van der Waals surface area contributed by atoms with Crippen LogP contribution in [-0.2, 0) is 17.7 Å². The standard InChI is InChI=1S/C20H23NO2.2C2H6/c1-2-16-7-5-10-18(15-16)22-13-14-23-21-20-12-6-9-17-8-3-4-11-19(17)20;2*1-2/h3-5,7-8,10-11,15H,2,6,9,12-14H2,1H3;2*1-2H3. The first-order valence-electron chi connectivity index (χ1n) is 10.4. The molecule has 0 amide bonds. The molecule has 0 aliphatic heterocycles. The van der Waals surface area contributed by atoms with Crippen LogP contribution in [-0.4, -0.2) is 18.9 Å². The predicted molar refractivity (Wildman–Crippen MR) is 116 cm³/mol. The molecular weight excluding hydrogens is 334 g/mol. The van der Waals surface area contributed by atoms with Gasteiger partial charge in [-0.3, -0.25) is 0 Å². The number of benzene rings is 2. The van der Waals surface area contributed by atoms with E-state index >= 15 is 0 Å².